The molecule has 1 N–H and O–H groups in total. The van der Waals surface area contributed by atoms with Crippen molar-refractivity contribution in [1.29, 1.82) is 0 Å². The highest BCUT2D eigenvalue weighted by Crippen LogP contribution is 2.06. The highest BCUT2D eigenvalue weighted by molar-refractivity contribution is 5.80. The molecular formula is C11H20N2O4. The summed E-state index contributed by atoms with van der Waals surface area (Å²) in [5.74, 6) is -0.847. The van der Waals surface area contributed by atoms with Crippen LogP contribution in [-0.2, 0) is 14.3 Å². The summed E-state index contributed by atoms with van der Waals surface area (Å²) in [5, 5.41) is 8.72. The predicted molar refractivity (Wildman–Crippen MR) is 61.7 cm³/mol. The Hall–Kier alpha value is -1.14. The third-order valence-electron chi connectivity index (χ3n) is 2.96. The number of methoxy groups -OCH3 is 1. The first-order valence-electron chi connectivity index (χ1n) is 5.80. The molecule has 6 heteroatoms. The van der Waals surface area contributed by atoms with Gasteiger partial charge in [-0.25, -0.2) is 0 Å². The Morgan fingerprint density at radius 3 is 2.59 bits per heavy atom. The first-order chi connectivity index (χ1) is 8.04. The fourth-order valence-electron chi connectivity index (χ4n) is 1.90. The lowest BCUT2D eigenvalue weighted by Gasteiger charge is -2.23. The summed E-state index contributed by atoms with van der Waals surface area (Å²) in [6.07, 6.45) is 0.371. The van der Waals surface area contributed by atoms with Crippen molar-refractivity contribution >= 4 is 11.9 Å². The molecule has 0 bridgehead atoms. The number of hydrogen-bond donors (Lipinski definition) is 1. The molecule has 1 heterocycles. The van der Waals surface area contributed by atoms with Crippen LogP contribution < -0.4 is 0 Å². The van der Waals surface area contributed by atoms with Crippen LogP contribution >= 0.6 is 0 Å². The van der Waals surface area contributed by atoms with Crippen molar-refractivity contribution in [3.05, 3.63) is 0 Å². The predicted octanol–water partition coefficient (Wildman–Crippen LogP) is -0.360. The van der Waals surface area contributed by atoms with Crippen LogP contribution in [0.3, 0.4) is 0 Å². The van der Waals surface area contributed by atoms with Gasteiger partial charge in [0.1, 0.15) is 6.10 Å². The number of hydrogen-bond acceptors (Lipinski definition) is 4. The molecule has 0 spiro atoms. The standard InChI is InChI=1S/C11H20N2O4/c1-9(17-2)11(16)13-5-3-4-12(6-7-13)8-10(14)15/h9H,3-8H2,1-2H3,(H,14,15). The summed E-state index contributed by atoms with van der Waals surface area (Å²) in [5.41, 5.74) is 0. The average molecular weight is 244 g/mol. The molecule has 0 aliphatic carbocycles. The third kappa shape index (κ3) is 4.32. The molecule has 1 unspecified atom stereocenters. The number of carboxylic acid groups (broad SMARTS) is 1. The van der Waals surface area contributed by atoms with Gasteiger partial charge in [0.2, 0.25) is 0 Å². The maximum Gasteiger partial charge on any atom is 0.317 e. The summed E-state index contributed by atoms with van der Waals surface area (Å²) in [6.45, 7) is 4.33. The van der Waals surface area contributed by atoms with Crippen molar-refractivity contribution in [2.75, 3.05) is 39.8 Å². The van der Waals surface area contributed by atoms with Crippen LogP contribution in [0.1, 0.15) is 13.3 Å². The fourth-order valence-corrected chi connectivity index (χ4v) is 1.90. The molecule has 0 aromatic carbocycles. The number of ether oxygens (including phenoxy) is 1. The van der Waals surface area contributed by atoms with Crippen molar-refractivity contribution in [2.45, 2.75) is 19.4 Å². The Kier molecular flexibility index (Phi) is 5.37. The number of carbonyl (C=O) groups is 2. The van der Waals surface area contributed by atoms with Gasteiger partial charge in [-0.1, -0.05) is 0 Å². The van der Waals surface area contributed by atoms with E-state index in [-0.39, 0.29) is 12.5 Å². The lowest BCUT2D eigenvalue weighted by molar-refractivity contribution is -0.140. The minimum atomic E-state index is -0.824. The number of nitrogens with zero attached hydrogens (tertiary/aromatic N) is 2. The zero-order valence-electron chi connectivity index (χ0n) is 10.4. The van der Waals surface area contributed by atoms with Crippen LogP contribution in [0.5, 0.6) is 0 Å². The topological polar surface area (TPSA) is 70.1 Å². The zero-order valence-corrected chi connectivity index (χ0v) is 10.4. The normalized spacial score (nSPS) is 19.8. The van der Waals surface area contributed by atoms with Gasteiger partial charge in [-0.3, -0.25) is 14.5 Å². The van der Waals surface area contributed by atoms with Gasteiger partial charge in [-0.2, -0.15) is 0 Å². The Morgan fingerprint density at radius 1 is 1.29 bits per heavy atom. The molecule has 6 nitrogen and oxygen atoms in total. The van der Waals surface area contributed by atoms with Crippen LogP contribution in [0, 0.1) is 0 Å². The average Bonchev–Trinajstić information content (AvgIpc) is 2.52. The quantitative estimate of drug-likeness (QED) is 0.731. The van der Waals surface area contributed by atoms with Crippen LogP contribution in [-0.4, -0.2) is 72.7 Å². The molecule has 0 radical (unpaired) electrons. The van der Waals surface area contributed by atoms with Gasteiger partial charge in [0.05, 0.1) is 6.54 Å². The zero-order chi connectivity index (χ0) is 12.8. The number of amides is 1. The number of carbonyl (C=O) groups excluding carboxylic acids is 1. The van der Waals surface area contributed by atoms with Crippen molar-refractivity contribution in [1.82, 2.24) is 9.80 Å². The SMILES string of the molecule is COC(C)C(=O)N1CCCN(CC(=O)O)CC1. The lowest BCUT2D eigenvalue weighted by Crippen LogP contribution is -2.41. The van der Waals surface area contributed by atoms with Crippen LogP contribution in [0.4, 0.5) is 0 Å². The molecule has 0 aromatic rings. The summed E-state index contributed by atoms with van der Waals surface area (Å²) in [6, 6.07) is 0. The smallest absolute Gasteiger partial charge is 0.317 e. The molecule has 0 saturated carbocycles. The van der Waals surface area contributed by atoms with E-state index in [0.717, 1.165) is 13.0 Å². The molecule has 98 valence electrons. The van der Waals surface area contributed by atoms with Gasteiger partial charge in [0.25, 0.3) is 5.91 Å². The maximum atomic E-state index is 11.9. The van der Waals surface area contributed by atoms with E-state index in [9.17, 15) is 9.59 Å². The second-order valence-electron chi connectivity index (χ2n) is 4.23. The Labute approximate surface area is 101 Å². The van der Waals surface area contributed by atoms with E-state index in [1.54, 1.807) is 11.8 Å². The molecule has 1 fully saturated rings. The van der Waals surface area contributed by atoms with Gasteiger partial charge in [-0.05, 0) is 13.3 Å². The lowest BCUT2D eigenvalue weighted by atomic mass is 10.3. The van der Waals surface area contributed by atoms with Crippen molar-refractivity contribution < 1.29 is 19.4 Å². The van der Waals surface area contributed by atoms with Gasteiger partial charge in [-0.15, -0.1) is 0 Å². The monoisotopic (exact) mass is 244 g/mol. The number of aliphatic carboxylic acids is 1. The molecule has 1 amide bonds. The van der Waals surface area contributed by atoms with Crippen LogP contribution in [0.25, 0.3) is 0 Å². The van der Waals surface area contributed by atoms with Crippen molar-refractivity contribution in [2.24, 2.45) is 0 Å². The molecule has 1 aliphatic heterocycles. The Balaban J connectivity index is 2.47. The molecule has 1 rings (SSSR count). The fraction of sp³-hybridized carbons (Fsp3) is 0.818. The minimum Gasteiger partial charge on any atom is -0.480 e. The molecule has 1 saturated heterocycles. The van der Waals surface area contributed by atoms with Crippen LogP contribution in [0.2, 0.25) is 0 Å². The minimum absolute atomic E-state index is 0.0234. The number of rotatable bonds is 4. The third-order valence-corrected chi connectivity index (χ3v) is 2.96. The summed E-state index contributed by atoms with van der Waals surface area (Å²) in [4.78, 5) is 26.1. The molecule has 1 aliphatic rings. The highest BCUT2D eigenvalue weighted by atomic mass is 16.5. The molecule has 17 heavy (non-hydrogen) atoms. The molecular weight excluding hydrogens is 224 g/mol. The van der Waals surface area contributed by atoms with E-state index in [4.69, 9.17) is 9.84 Å². The van der Waals surface area contributed by atoms with Crippen molar-refractivity contribution in [3.63, 3.8) is 0 Å². The van der Waals surface area contributed by atoms with E-state index in [1.165, 1.54) is 7.11 Å². The van der Waals surface area contributed by atoms with E-state index in [1.807, 2.05) is 4.90 Å². The second-order valence-corrected chi connectivity index (χ2v) is 4.23. The number of carboxylic acids is 1. The largest absolute Gasteiger partial charge is 0.480 e. The maximum absolute atomic E-state index is 11.9. The first-order valence-corrected chi connectivity index (χ1v) is 5.80. The van der Waals surface area contributed by atoms with E-state index < -0.39 is 12.1 Å². The summed E-state index contributed by atoms with van der Waals surface area (Å²) >= 11 is 0. The molecule has 1 atom stereocenters. The molecule has 0 aromatic heterocycles. The van der Waals surface area contributed by atoms with Gasteiger partial charge in [0, 0.05) is 33.3 Å². The highest BCUT2D eigenvalue weighted by Gasteiger charge is 2.23. The summed E-state index contributed by atoms with van der Waals surface area (Å²) in [7, 11) is 1.51. The summed E-state index contributed by atoms with van der Waals surface area (Å²) < 4.78 is 5.00. The Morgan fingerprint density at radius 2 is 2.00 bits per heavy atom. The van der Waals surface area contributed by atoms with E-state index in [0.29, 0.717) is 19.6 Å². The first kappa shape index (κ1) is 13.9. The van der Waals surface area contributed by atoms with Gasteiger partial charge in [0.15, 0.2) is 0 Å². The van der Waals surface area contributed by atoms with Gasteiger partial charge < -0.3 is 14.7 Å². The second kappa shape index (κ2) is 6.56. The van der Waals surface area contributed by atoms with Gasteiger partial charge >= 0.3 is 5.97 Å². The van der Waals surface area contributed by atoms with Crippen molar-refractivity contribution in [3.8, 4) is 0 Å². The van der Waals surface area contributed by atoms with E-state index in [2.05, 4.69) is 0 Å². The Bertz CT molecular complexity index is 283. The van der Waals surface area contributed by atoms with Crippen LogP contribution in [0.15, 0.2) is 0 Å². The van der Waals surface area contributed by atoms with E-state index >= 15 is 0 Å².